The van der Waals surface area contributed by atoms with E-state index in [4.69, 9.17) is 14.5 Å². The van der Waals surface area contributed by atoms with E-state index in [9.17, 15) is 4.79 Å². The molecule has 2 aliphatic rings. The van der Waals surface area contributed by atoms with Gasteiger partial charge in [0.25, 0.3) is 0 Å². The summed E-state index contributed by atoms with van der Waals surface area (Å²) in [6.07, 6.45) is 2.26. The zero-order chi connectivity index (χ0) is 22.2. The number of aliphatic imine (C=N–C) groups is 1. The highest BCUT2D eigenvalue weighted by Crippen LogP contribution is 2.31. The van der Waals surface area contributed by atoms with E-state index >= 15 is 0 Å². The minimum Gasteiger partial charge on any atom is -0.493 e. The van der Waals surface area contributed by atoms with Gasteiger partial charge in [-0.2, -0.15) is 0 Å². The molecule has 0 radical (unpaired) electrons. The molecule has 2 fully saturated rings. The van der Waals surface area contributed by atoms with Crippen LogP contribution in [0.1, 0.15) is 32.3 Å². The van der Waals surface area contributed by atoms with Crippen LogP contribution in [-0.2, 0) is 11.3 Å². The Morgan fingerprint density at radius 3 is 2.39 bits per heavy atom. The molecule has 1 aromatic carbocycles. The first kappa shape index (κ1) is 23.2. The van der Waals surface area contributed by atoms with E-state index in [1.807, 2.05) is 30.0 Å². The monoisotopic (exact) mass is 431 g/mol. The smallest absolute Gasteiger partial charge is 0.239 e. The third kappa shape index (κ3) is 5.61. The quantitative estimate of drug-likeness (QED) is 0.524. The molecule has 2 saturated heterocycles. The molecule has 0 saturated carbocycles. The first-order chi connectivity index (χ1) is 15.1. The van der Waals surface area contributed by atoms with Gasteiger partial charge in [-0.3, -0.25) is 9.69 Å². The van der Waals surface area contributed by atoms with E-state index in [1.54, 1.807) is 14.2 Å². The van der Waals surface area contributed by atoms with Crippen molar-refractivity contribution in [2.75, 3.05) is 60.0 Å². The fourth-order valence-electron chi connectivity index (χ4n) is 4.34. The van der Waals surface area contributed by atoms with Crippen molar-refractivity contribution in [3.8, 4) is 11.5 Å². The van der Waals surface area contributed by atoms with Crippen LogP contribution in [0.4, 0.5) is 0 Å². The Labute approximate surface area is 186 Å². The van der Waals surface area contributed by atoms with E-state index in [2.05, 4.69) is 22.0 Å². The van der Waals surface area contributed by atoms with Crippen molar-refractivity contribution in [2.24, 2.45) is 4.99 Å². The number of piperazine rings is 1. The number of hydrogen-bond acceptors (Lipinski definition) is 5. The van der Waals surface area contributed by atoms with E-state index < -0.39 is 0 Å². The van der Waals surface area contributed by atoms with Crippen molar-refractivity contribution < 1.29 is 14.3 Å². The summed E-state index contributed by atoms with van der Waals surface area (Å²) in [5.74, 6) is 2.61. The molecule has 1 aromatic rings. The van der Waals surface area contributed by atoms with Crippen LogP contribution in [0.5, 0.6) is 11.5 Å². The number of methoxy groups -OCH3 is 2. The molecule has 1 atom stereocenters. The van der Waals surface area contributed by atoms with Crippen molar-refractivity contribution >= 4 is 11.9 Å². The summed E-state index contributed by atoms with van der Waals surface area (Å²) in [5, 5.41) is 3.41. The van der Waals surface area contributed by atoms with Gasteiger partial charge in [-0.25, -0.2) is 4.99 Å². The normalized spacial score (nSPS) is 18.8. The number of guanidine groups is 1. The minimum atomic E-state index is -0.0548. The standard InChI is InChI=1S/C23H37N5O3/c1-5-24-23(25-17-19-9-8-10-20(30-3)21(19)31-4)28-15-13-26(14-16-28)18(2)22(29)27-11-6-7-12-27/h8-10,18H,5-7,11-17H2,1-4H3,(H,24,25). The molecule has 31 heavy (non-hydrogen) atoms. The second-order valence-corrected chi connectivity index (χ2v) is 8.05. The van der Waals surface area contributed by atoms with Crippen molar-refractivity contribution in [1.29, 1.82) is 0 Å². The van der Waals surface area contributed by atoms with Crippen LogP contribution in [-0.4, -0.2) is 92.6 Å². The maximum absolute atomic E-state index is 12.7. The number of nitrogens with one attached hydrogen (secondary N) is 1. The fraction of sp³-hybridized carbons (Fsp3) is 0.652. The third-order valence-corrected chi connectivity index (χ3v) is 6.16. The minimum absolute atomic E-state index is 0.0548. The Hall–Kier alpha value is -2.48. The zero-order valence-corrected chi connectivity index (χ0v) is 19.4. The Morgan fingerprint density at radius 2 is 1.77 bits per heavy atom. The number of rotatable bonds is 7. The highest BCUT2D eigenvalue weighted by atomic mass is 16.5. The van der Waals surface area contributed by atoms with Gasteiger partial charge in [0.1, 0.15) is 0 Å². The van der Waals surface area contributed by atoms with E-state index in [-0.39, 0.29) is 11.9 Å². The van der Waals surface area contributed by atoms with Crippen molar-refractivity contribution in [2.45, 2.75) is 39.3 Å². The highest BCUT2D eigenvalue weighted by Gasteiger charge is 2.30. The van der Waals surface area contributed by atoms with Gasteiger partial charge in [-0.1, -0.05) is 12.1 Å². The van der Waals surface area contributed by atoms with Gasteiger partial charge in [0, 0.05) is 51.4 Å². The Kier molecular flexibility index (Phi) is 8.40. The molecule has 0 bridgehead atoms. The van der Waals surface area contributed by atoms with Crippen LogP contribution in [0, 0.1) is 0 Å². The predicted molar refractivity (Wildman–Crippen MR) is 123 cm³/mol. The second kappa shape index (κ2) is 11.2. The maximum atomic E-state index is 12.7. The molecule has 0 aromatic heterocycles. The molecular weight excluding hydrogens is 394 g/mol. The van der Waals surface area contributed by atoms with Gasteiger partial charge in [-0.05, 0) is 32.8 Å². The Bertz CT molecular complexity index is 756. The Morgan fingerprint density at radius 1 is 1.06 bits per heavy atom. The summed E-state index contributed by atoms with van der Waals surface area (Å²) >= 11 is 0. The first-order valence-corrected chi connectivity index (χ1v) is 11.3. The van der Waals surface area contributed by atoms with E-state index in [0.29, 0.717) is 12.3 Å². The topological polar surface area (TPSA) is 69.6 Å². The molecular formula is C23H37N5O3. The molecule has 8 nitrogen and oxygen atoms in total. The first-order valence-electron chi connectivity index (χ1n) is 11.3. The van der Waals surface area contributed by atoms with E-state index in [1.165, 1.54) is 0 Å². The Balaban J connectivity index is 1.62. The lowest BCUT2D eigenvalue weighted by molar-refractivity contribution is -0.135. The molecule has 2 aliphatic heterocycles. The van der Waals surface area contributed by atoms with Crippen LogP contribution in [0.15, 0.2) is 23.2 Å². The number of likely N-dealkylation sites (tertiary alicyclic amines) is 1. The summed E-state index contributed by atoms with van der Waals surface area (Å²) in [6, 6.07) is 5.80. The number of amides is 1. The molecule has 8 heteroatoms. The summed E-state index contributed by atoms with van der Waals surface area (Å²) in [5.41, 5.74) is 0.987. The van der Waals surface area contributed by atoms with Crippen LogP contribution < -0.4 is 14.8 Å². The number of benzene rings is 1. The van der Waals surface area contributed by atoms with Gasteiger partial charge in [0.05, 0.1) is 26.8 Å². The maximum Gasteiger partial charge on any atom is 0.239 e. The molecule has 0 aliphatic carbocycles. The summed E-state index contributed by atoms with van der Waals surface area (Å²) < 4.78 is 10.9. The molecule has 1 amide bonds. The summed E-state index contributed by atoms with van der Waals surface area (Å²) in [6.45, 7) is 10.7. The average Bonchev–Trinajstić information content (AvgIpc) is 3.35. The lowest BCUT2D eigenvalue weighted by Crippen LogP contribution is -2.57. The van der Waals surface area contributed by atoms with Crippen molar-refractivity contribution in [1.82, 2.24) is 20.0 Å². The number of nitrogens with zero attached hydrogens (tertiary/aromatic N) is 4. The molecule has 172 valence electrons. The number of carbonyl (C=O) groups is 1. The van der Waals surface area contributed by atoms with Gasteiger partial charge in [0.2, 0.25) is 5.91 Å². The average molecular weight is 432 g/mol. The lowest BCUT2D eigenvalue weighted by Gasteiger charge is -2.39. The third-order valence-electron chi connectivity index (χ3n) is 6.16. The fourth-order valence-corrected chi connectivity index (χ4v) is 4.34. The summed E-state index contributed by atoms with van der Waals surface area (Å²) in [7, 11) is 3.30. The molecule has 2 heterocycles. The predicted octanol–water partition coefficient (Wildman–Crippen LogP) is 1.80. The largest absolute Gasteiger partial charge is 0.493 e. The van der Waals surface area contributed by atoms with Gasteiger partial charge >= 0.3 is 0 Å². The van der Waals surface area contributed by atoms with Crippen molar-refractivity contribution in [3.63, 3.8) is 0 Å². The lowest BCUT2D eigenvalue weighted by atomic mass is 10.2. The van der Waals surface area contributed by atoms with Crippen LogP contribution in [0.2, 0.25) is 0 Å². The number of hydrogen-bond donors (Lipinski definition) is 1. The zero-order valence-electron chi connectivity index (χ0n) is 19.4. The van der Waals surface area contributed by atoms with Crippen LogP contribution in [0.3, 0.4) is 0 Å². The highest BCUT2D eigenvalue weighted by molar-refractivity contribution is 5.82. The second-order valence-electron chi connectivity index (χ2n) is 8.05. The molecule has 3 rings (SSSR count). The number of ether oxygens (including phenoxy) is 2. The molecule has 1 N–H and O–H groups in total. The SMILES string of the molecule is CCNC(=NCc1cccc(OC)c1OC)N1CCN(C(C)C(=O)N2CCCC2)CC1. The van der Waals surface area contributed by atoms with Crippen LogP contribution >= 0.6 is 0 Å². The van der Waals surface area contributed by atoms with Gasteiger partial charge in [-0.15, -0.1) is 0 Å². The molecule has 1 unspecified atom stereocenters. The van der Waals surface area contributed by atoms with Crippen molar-refractivity contribution in [3.05, 3.63) is 23.8 Å². The van der Waals surface area contributed by atoms with Gasteiger partial charge < -0.3 is 24.6 Å². The van der Waals surface area contributed by atoms with E-state index in [0.717, 1.165) is 75.9 Å². The number of carbonyl (C=O) groups excluding carboxylic acids is 1. The summed E-state index contributed by atoms with van der Waals surface area (Å²) in [4.78, 5) is 24.2. The molecule has 0 spiro atoms. The van der Waals surface area contributed by atoms with Crippen LogP contribution in [0.25, 0.3) is 0 Å². The van der Waals surface area contributed by atoms with Gasteiger partial charge in [0.15, 0.2) is 17.5 Å². The number of para-hydroxylation sites is 1.